The molecule has 9 aromatic heterocycles. The van der Waals surface area contributed by atoms with Crippen LogP contribution in [-0.2, 0) is 19.6 Å². The topological polar surface area (TPSA) is 316 Å². The number of halogens is 6. The third-order valence-corrected chi connectivity index (χ3v) is 22.0. The van der Waals surface area contributed by atoms with Gasteiger partial charge in [-0.25, -0.2) is 71.2 Å². The second-order valence-electron chi connectivity index (χ2n) is 30.5. The van der Waals surface area contributed by atoms with Gasteiger partial charge in [-0.1, -0.05) is 25.1 Å². The van der Waals surface area contributed by atoms with Crippen LogP contribution in [0.3, 0.4) is 0 Å². The number of aromatic nitrogens is 12. The molecule has 7 N–H and O–H groups in total. The van der Waals surface area contributed by atoms with Gasteiger partial charge in [-0.05, 0) is 107 Å². The van der Waals surface area contributed by atoms with Gasteiger partial charge in [0.25, 0.3) is 17.7 Å². The molecule has 0 atom stereocenters. The second kappa shape index (κ2) is 36.0. The van der Waals surface area contributed by atoms with E-state index in [1.54, 1.807) is 54.1 Å². The number of piperazine rings is 3. The normalized spacial score (nSPS) is 16.1. The monoisotopic (exact) mass is 1640 g/mol. The number of carbonyl (C=O) groups is 3. The number of carbonyl (C=O) groups excluding carboxylic acids is 3. The molecule has 3 aromatic carbocycles. The van der Waals surface area contributed by atoms with Gasteiger partial charge >= 0.3 is 0 Å². The number of nitrogens with one attached hydrogen (secondary N) is 7. The van der Waals surface area contributed by atoms with Gasteiger partial charge in [0.2, 0.25) is 17.6 Å². The van der Waals surface area contributed by atoms with E-state index in [0.29, 0.717) is 73.8 Å². The van der Waals surface area contributed by atoms with Crippen LogP contribution in [0.25, 0.3) is 32.7 Å². The van der Waals surface area contributed by atoms with Crippen molar-refractivity contribution in [2.75, 3.05) is 147 Å². The summed E-state index contributed by atoms with van der Waals surface area (Å²) < 4.78 is 107. The zero-order chi connectivity index (χ0) is 83.2. The number of fused-ring (bicyclic) bond motifs is 3. The fourth-order valence-electron chi connectivity index (χ4n) is 14.8. The van der Waals surface area contributed by atoms with Crippen molar-refractivity contribution < 1.29 is 54.9 Å². The lowest BCUT2D eigenvalue weighted by molar-refractivity contribution is 0.0641. The molecule has 30 nitrogen and oxygen atoms in total. The summed E-state index contributed by atoms with van der Waals surface area (Å²) in [5.41, 5.74) is 5.26. The molecule has 0 aliphatic carbocycles. The zero-order valence-electron chi connectivity index (χ0n) is 66.9. The van der Waals surface area contributed by atoms with Crippen LogP contribution in [0.15, 0.2) is 110 Å². The number of likely N-dealkylation sites (tertiary alicyclic amines) is 3. The van der Waals surface area contributed by atoms with E-state index in [9.17, 15) is 27.6 Å². The predicted octanol–water partition coefficient (Wildman–Crippen LogP) is 12.3. The quantitative estimate of drug-likeness (QED) is 0.0310. The van der Waals surface area contributed by atoms with Crippen LogP contribution in [-0.4, -0.2) is 248 Å². The lowest BCUT2D eigenvalue weighted by Gasteiger charge is -2.33. The van der Waals surface area contributed by atoms with Crippen LogP contribution in [0.2, 0.25) is 0 Å². The molecule has 0 saturated carbocycles. The molecule has 3 amide bonds. The van der Waals surface area contributed by atoms with E-state index < -0.39 is 34.9 Å². The molecule has 0 unspecified atom stereocenters. The van der Waals surface area contributed by atoms with Crippen LogP contribution in [0, 0.1) is 55.7 Å². The summed E-state index contributed by atoms with van der Waals surface area (Å²) in [6, 6.07) is 18.7. The number of H-pyrrole nitrogens is 3. The Balaban J connectivity index is 0.000000134. The van der Waals surface area contributed by atoms with Crippen LogP contribution in [0.1, 0.15) is 91.0 Å². The summed E-state index contributed by atoms with van der Waals surface area (Å²) in [6.45, 7) is 26.3. The molecule has 0 bridgehead atoms. The van der Waals surface area contributed by atoms with Gasteiger partial charge in [-0.15, -0.1) is 0 Å². The summed E-state index contributed by atoms with van der Waals surface area (Å²) in [6.07, 6.45) is 11.6. The highest BCUT2D eigenvalue weighted by atomic mass is 19.1. The number of ether oxygens (including phenoxy) is 3. The predicted molar refractivity (Wildman–Crippen MR) is 438 cm³/mol. The van der Waals surface area contributed by atoms with Gasteiger partial charge in [-0.2, -0.15) is 0 Å². The van der Waals surface area contributed by atoms with Crippen LogP contribution >= 0.6 is 0 Å². The van der Waals surface area contributed by atoms with Gasteiger partial charge in [0.1, 0.15) is 53.1 Å². The first kappa shape index (κ1) is 81.3. The molecular weight excluding hydrogens is 1560 g/mol. The molecule has 6 saturated heterocycles. The van der Waals surface area contributed by atoms with Crippen molar-refractivity contribution in [1.29, 1.82) is 0 Å². The van der Waals surface area contributed by atoms with Crippen molar-refractivity contribution in [2.24, 2.45) is 0 Å². The average Bonchev–Trinajstić information content (AvgIpc) is 1.08. The van der Waals surface area contributed by atoms with Gasteiger partial charge < -0.3 is 74.9 Å². The van der Waals surface area contributed by atoms with Crippen LogP contribution in [0.4, 0.5) is 61.2 Å². The Morgan fingerprint density at radius 2 is 0.700 bits per heavy atom. The smallest absolute Gasteiger partial charge is 0.263 e. The third kappa shape index (κ3) is 18.2. The number of pyridine rings is 3. The van der Waals surface area contributed by atoms with E-state index in [-0.39, 0.29) is 119 Å². The van der Waals surface area contributed by atoms with Gasteiger partial charge in [-0.3, -0.25) is 29.1 Å². The molecule has 0 radical (unpaired) electrons. The first-order valence-corrected chi connectivity index (χ1v) is 40.0. The Hall–Kier alpha value is -12.5. The fraction of sp³-hybridized carbons (Fsp3) is 0.357. The molecule has 0 spiro atoms. The standard InChI is InChI=1S/C29H32F2N8O2.C28H30F2N8O2.C27H28F2N8O2/c1-3-37-9-11-38(12-10-37)16-19-5-6-23(32-15-19)36-27-24(29(40)39-7-4-8-39)28(34-17-33-27)41-22-14-21(30)26-20(25(22)31)13-18(2)35-26;1-17-12-19-24(30)21(13-20(29)25(19)34-17)40-27-23(28(39)38-6-3-7-38)26(32-16-33-27)35-22-5-4-18(14-31-22)15-37-10-8-36(2)9-11-37;1-16-11-18-23(29)20(12-19(28)24(18)34-16)39-26-22(27(38)37-7-2-8-37)25(32-15-33-26)35-21-4-3-17(13-31-21)14-36-9-5-30-6-10-36/h5-6,13-15,17,35H,3-4,7-12,16H2,1-2H3,(H,32,33,34,36);4-5,12-14,16,34H,3,6-11,15H2,1-2H3,(H,31,32,33,35);3-4,11-13,15,30,34H,2,5-10,14H2,1H3,(H,31,32,33,35). The number of hydrogen-bond donors (Lipinski definition) is 7. The lowest BCUT2D eigenvalue weighted by atomic mass is 10.1. The van der Waals surface area contributed by atoms with Crippen LogP contribution in [0.5, 0.6) is 34.9 Å². The Morgan fingerprint density at radius 1 is 0.392 bits per heavy atom. The molecule has 120 heavy (non-hydrogen) atoms. The Bertz CT molecular complexity index is 5730. The zero-order valence-corrected chi connectivity index (χ0v) is 66.9. The summed E-state index contributed by atoms with van der Waals surface area (Å²) in [5.74, 6) is -5.12. The van der Waals surface area contributed by atoms with Crippen molar-refractivity contribution >= 4 is 85.3 Å². The Kier molecular flexibility index (Phi) is 24.4. The first-order chi connectivity index (χ1) is 58.2. The summed E-state index contributed by atoms with van der Waals surface area (Å²) in [7, 11) is 2.13. The molecule has 6 fully saturated rings. The minimum Gasteiger partial charge on any atom is -0.435 e. The van der Waals surface area contributed by atoms with Crippen molar-refractivity contribution in [2.45, 2.75) is 66.6 Å². The molecular formula is C84H90F6N24O6. The van der Waals surface area contributed by atoms with Crippen LogP contribution < -0.4 is 35.5 Å². The maximum Gasteiger partial charge on any atom is 0.263 e. The SMILES string of the molecule is CCN1CCN(Cc2ccc(Nc3ncnc(Oc4cc(F)c5[nH]c(C)cc5c4F)c3C(=O)N3CCC3)nc2)CC1.Cc1cc2c(F)c(Oc3ncnc(Nc4ccc(CN5CCN(C)CC5)cn4)c3C(=O)N3CCC3)cc(F)c2[nH]1.Cc1cc2c(F)c(Oc3ncnc(Nc4ccc(CN5CCNCC5)cn4)c3C(=O)N3CCC3)cc(F)c2[nH]1. The van der Waals surface area contributed by atoms with E-state index in [2.05, 4.69) is 120 Å². The molecule has 15 heterocycles. The van der Waals surface area contributed by atoms with E-state index in [1.165, 1.54) is 37.2 Å². The van der Waals surface area contributed by atoms with Crippen molar-refractivity contribution in [1.82, 2.24) is 104 Å². The van der Waals surface area contributed by atoms with E-state index in [4.69, 9.17) is 14.2 Å². The molecule has 6 aliphatic rings. The number of rotatable bonds is 22. The summed E-state index contributed by atoms with van der Waals surface area (Å²) >= 11 is 0. The highest BCUT2D eigenvalue weighted by Gasteiger charge is 2.35. The lowest BCUT2D eigenvalue weighted by Crippen LogP contribution is -2.45. The second-order valence-corrected chi connectivity index (χ2v) is 30.5. The largest absolute Gasteiger partial charge is 0.435 e. The van der Waals surface area contributed by atoms with Gasteiger partial charge in [0.05, 0.1) is 16.6 Å². The number of hydrogen-bond acceptors (Lipinski definition) is 24. The first-order valence-electron chi connectivity index (χ1n) is 40.0. The number of nitrogens with zero attached hydrogens (tertiary/aromatic N) is 17. The Morgan fingerprint density at radius 3 is 0.992 bits per heavy atom. The number of anilines is 6. The number of aryl methyl sites for hydroxylation is 3. The number of aromatic amines is 3. The molecule has 624 valence electrons. The maximum atomic E-state index is 15.3. The summed E-state index contributed by atoms with van der Waals surface area (Å²) in [5, 5.41) is 12.8. The number of amides is 3. The molecule has 36 heteroatoms. The Labute approximate surface area is 686 Å². The highest BCUT2D eigenvalue weighted by molar-refractivity contribution is 6.04. The van der Waals surface area contributed by atoms with E-state index in [1.807, 2.05) is 36.4 Å². The fourth-order valence-corrected chi connectivity index (χ4v) is 14.8. The van der Waals surface area contributed by atoms with E-state index >= 15 is 13.2 Å². The van der Waals surface area contributed by atoms with Gasteiger partial charge in [0, 0.05) is 207 Å². The number of benzene rings is 3. The highest BCUT2D eigenvalue weighted by Crippen LogP contribution is 2.41. The van der Waals surface area contributed by atoms with Crippen molar-refractivity contribution in [3.63, 3.8) is 0 Å². The van der Waals surface area contributed by atoms with Crippen molar-refractivity contribution in [3.05, 3.63) is 196 Å². The molecule has 6 aliphatic heterocycles. The molecule has 18 rings (SSSR count). The minimum atomic E-state index is -0.757. The third-order valence-electron chi connectivity index (χ3n) is 22.0. The van der Waals surface area contributed by atoms with Crippen molar-refractivity contribution in [3.8, 4) is 34.9 Å². The maximum absolute atomic E-state index is 15.3. The number of likely N-dealkylation sites (N-methyl/N-ethyl adjacent to an activating group) is 2. The average molecular weight is 1650 g/mol. The van der Waals surface area contributed by atoms with Gasteiger partial charge in [0.15, 0.2) is 69.6 Å². The summed E-state index contributed by atoms with van der Waals surface area (Å²) in [4.78, 5) is 104. The minimum absolute atomic E-state index is 0.0223. The molecule has 12 aromatic rings. The van der Waals surface area contributed by atoms with E-state index in [0.717, 1.165) is 159 Å².